The van der Waals surface area contributed by atoms with Crippen LogP contribution >= 0.6 is 11.8 Å². The molecule has 4 rings (SSSR count). The molecule has 0 unspecified atom stereocenters. The van der Waals surface area contributed by atoms with Gasteiger partial charge in [-0.15, -0.1) is 0 Å². The standard InChI is InChI=1S/C29H35FN2O3S/c1-20-7-6-10-24(28(20)30)27-25(15-16-36-2)32(31-29(27)23-8-4-3-5-9-23)17-21-11-13-22(14-12-21)18-35-19-26(33)34/h3-10,21-22H,11-19H2,1-2H3,(H,33,34)/t21-,22+. The van der Waals surface area contributed by atoms with Gasteiger partial charge in [0.2, 0.25) is 0 Å². The molecule has 0 spiro atoms. The highest BCUT2D eigenvalue weighted by molar-refractivity contribution is 7.98. The molecule has 1 N–H and O–H groups in total. The number of hydrogen-bond acceptors (Lipinski definition) is 4. The van der Waals surface area contributed by atoms with Crippen molar-refractivity contribution in [2.45, 2.75) is 45.6 Å². The van der Waals surface area contributed by atoms with Crippen LogP contribution in [-0.2, 0) is 22.5 Å². The number of ether oxygens (including phenoxy) is 1. The summed E-state index contributed by atoms with van der Waals surface area (Å²) in [5.74, 6) is 0.726. The van der Waals surface area contributed by atoms with Gasteiger partial charge in [-0.1, -0.05) is 48.5 Å². The monoisotopic (exact) mass is 510 g/mol. The number of hydrogen-bond donors (Lipinski definition) is 1. The maximum absolute atomic E-state index is 15.5. The highest BCUT2D eigenvalue weighted by atomic mass is 32.2. The van der Waals surface area contributed by atoms with Gasteiger partial charge in [0.05, 0.1) is 6.61 Å². The summed E-state index contributed by atoms with van der Waals surface area (Å²) < 4.78 is 22.9. The third kappa shape index (κ3) is 6.37. The predicted octanol–water partition coefficient (Wildman–Crippen LogP) is 6.48. The van der Waals surface area contributed by atoms with Crippen molar-refractivity contribution in [2.75, 3.05) is 25.2 Å². The lowest BCUT2D eigenvalue weighted by Crippen LogP contribution is -2.24. The second kappa shape index (κ2) is 12.5. The van der Waals surface area contributed by atoms with Gasteiger partial charge in [0.1, 0.15) is 18.1 Å². The zero-order chi connectivity index (χ0) is 25.5. The molecule has 0 aliphatic heterocycles. The molecule has 0 bridgehead atoms. The Labute approximate surface area is 217 Å². The quantitative estimate of drug-likeness (QED) is 0.320. The Morgan fingerprint density at radius 2 is 1.83 bits per heavy atom. The fourth-order valence-electron chi connectivity index (χ4n) is 5.16. The number of rotatable bonds is 11. The molecule has 1 saturated carbocycles. The van der Waals surface area contributed by atoms with Crippen molar-refractivity contribution >= 4 is 17.7 Å². The van der Waals surface area contributed by atoms with Crippen molar-refractivity contribution in [2.24, 2.45) is 11.8 Å². The minimum Gasteiger partial charge on any atom is -0.480 e. The zero-order valence-corrected chi connectivity index (χ0v) is 21.9. The fraction of sp³-hybridized carbons (Fsp3) is 0.448. The first-order chi connectivity index (χ1) is 17.5. The fourth-order valence-corrected chi connectivity index (χ4v) is 5.56. The molecule has 36 heavy (non-hydrogen) atoms. The van der Waals surface area contributed by atoms with Crippen molar-refractivity contribution in [1.29, 1.82) is 0 Å². The minimum absolute atomic E-state index is 0.179. The molecular formula is C29H35FN2O3S. The normalized spacial score (nSPS) is 17.9. The topological polar surface area (TPSA) is 64.4 Å². The van der Waals surface area contributed by atoms with E-state index in [2.05, 4.69) is 10.9 Å². The Balaban J connectivity index is 1.64. The van der Waals surface area contributed by atoms with Crippen molar-refractivity contribution in [3.05, 3.63) is 65.6 Å². The van der Waals surface area contributed by atoms with Gasteiger partial charge in [0.15, 0.2) is 0 Å². The molecule has 1 heterocycles. The number of thioether (sulfide) groups is 1. The third-order valence-electron chi connectivity index (χ3n) is 7.09. The molecular weight excluding hydrogens is 475 g/mol. The molecule has 2 aromatic carbocycles. The van der Waals surface area contributed by atoms with Crippen molar-refractivity contribution in [3.63, 3.8) is 0 Å². The summed E-state index contributed by atoms with van der Waals surface area (Å²) in [6.07, 6.45) is 7.07. The van der Waals surface area contributed by atoms with Crippen LogP contribution < -0.4 is 0 Å². The largest absolute Gasteiger partial charge is 0.480 e. The number of benzene rings is 2. The Bertz CT molecular complexity index is 1160. The number of aryl methyl sites for hydroxylation is 1. The summed E-state index contributed by atoms with van der Waals surface area (Å²) >= 11 is 1.79. The van der Waals surface area contributed by atoms with E-state index in [4.69, 9.17) is 14.9 Å². The van der Waals surface area contributed by atoms with Crippen molar-refractivity contribution < 1.29 is 19.0 Å². The first kappa shape index (κ1) is 26.4. The van der Waals surface area contributed by atoms with E-state index in [1.54, 1.807) is 11.8 Å². The number of aliphatic carboxylic acids is 1. The predicted molar refractivity (Wildman–Crippen MR) is 144 cm³/mol. The second-order valence-electron chi connectivity index (χ2n) is 9.69. The minimum atomic E-state index is -0.921. The van der Waals surface area contributed by atoms with Crippen LogP contribution in [0.15, 0.2) is 48.5 Å². The molecule has 3 aromatic rings. The van der Waals surface area contributed by atoms with Crippen LogP contribution in [0.25, 0.3) is 22.4 Å². The van der Waals surface area contributed by atoms with Crippen molar-refractivity contribution in [1.82, 2.24) is 9.78 Å². The van der Waals surface area contributed by atoms with Crippen LogP contribution in [0.4, 0.5) is 4.39 Å². The smallest absolute Gasteiger partial charge is 0.329 e. The lowest BCUT2D eigenvalue weighted by Gasteiger charge is -2.28. The summed E-state index contributed by atoms with van der Waals surface area (Å²) in [4.78, 5) is 10.7. The molecule has 0 radical (unpaired) electrons. The Morgan fingerprint density at radius 1 is 1.11 bits per heavy atom. The van der Waals surface area contributed by atoms with E-state index in [-0.39, 0.29) is 12.4 Å². The van der Waals surface area contributed by atoms with E-state index in [0.717, 1.165) is 66.9 Å². The van der Waals surface area contributed by atoms with E-state index in [0.29, 0.717) is 29.6 Å². The average Bonchev–Trinajstić information content (AvgIpc) is 3.23. The molecule has 1 aliphatic rings. The van der Waals surface area contributed by atoms with E-state index in [1.165, 1.54) is 0 Å². The molecule has 192 valence electrons. The molecule has 5 nitrogen and oxygen atoms in total. The summed E-state index contributed by atoms with van der Waals surface area (Å²) in [5.41, 5.74) is 5.10. The van der Waals surface area contributed by atoms with E-state index < -0.39 is 5.97 Å². The molecule has 0 amide bonds. The third-order valence-corrected chi connectivity index (χ3v) is 7.70. The maximum Gasteiger partial charge on any atom is 0.329 e. The number of nitrogens with zero attached hydrogens (tertiary/aromatic N) is 2. The van der Waals surface area contributed by atoms with Gasteiger partial charge in [0.25, 0.3) is 0 Å². The Kier molecular flexibility index (Phi) is 9.21. The van der Waals surface area contributed by atoms with Gasteiger partial charge in [-0.25, -0.2) is 9.18 Å². The molecule has 1 aromatic heterocycles. The first-order valence-electron chi connectivity index (χ1n) is 12.7. The summed E-state index contributed by atoms with van der Waals surface area (Å²) in [6.45, 7) is 2.90. The van der Waals surface area contributed by atoms with E-state index >= 15 is 4.39 Å². The average molecular weight is 511 g/mol. The Hall–Kier alpha value is -2.64. The van der Waals surface area contributed by atoms with Crippen LogP contribution in [0.2, 0.25) is 0 Å². The van der Waals surface area contributed by atoms with Gasteiger partial charge in [-0.05, 0) is 68.4 Å². The molecule has 0 saturated heterocycles. The van der Waals surface area contributed by atoms with Gasteiger partial charge >= 0.3 is 5.97 Å². The van der Waals surface area contributed by atoms with Gasteiger partial charge in [-0.3, -0.25) is 4.68 Å². The van der Waals surface area contributed by atoms with Crippen molar-refractivity contribution in [3.8, 4) is 22.4 Å². The summed E-state index contributed by atoms with van der Waals surface area (Å²) in [5, 5.41) is 13.9. The Morgan fingerprint density at radius 3 is 2.53 bits per heavy atom. The molecule has 1 fully saturated rings. The molecule has 1 aliphatic carbocycles. The van der Waals surface area contributed by atoms with E-state index in [1.807, 2.05) is 55.5 Å². The lowest BCUT2D eigenvalue weighted by atomic mass is 9.82. The number of carbonyl (C=O) groups is 1. The SMILES string of the molecule is CSCCc1c(-c2cccc(C)c2F)c(-c2ccccc2)nn1C[C@H]1CC[C@@H](COCC(=O)O)CC1. The second-order valence-corrected chi connectivity index (χ2v) is 10.7. The lowest BCUT2D eigenvalue weighted by molar-refractivity contribution is -0.142. The maximum atomic E-state index is 15.5. The van der Waals surface area contributed by atoms with E-state index in [9.17, 15) is 4.79 Å². The van der Waals surface area contributed by atoms with Crippen LogP contribution in [-0.4, -0.2) is 46.1 Å². The summed E-state index contributed by atoms with van der Waals surface area (Å²) in [7, 11) is 0. The summed E-state index contributed by atoms with van der Waals surface area (Å²) in [6, 6.07) is 15.7. The number of halogens is 1. The zero-order valence-electron chi connectivity index (χ0n) is 21.1. The first-order valence-corrected chi connectivity index (χ1v) is 14.1. The van der Waals surface area contributed by atoms with Crippen LogP contribution in [0.1, 0.15) is 36.9 Å². The van der Waals surface area contributed by atoms with Crippen LogP contribution in [0, 0.1) is 24.6 Å². The highest BCUT2D eigenvalue weighted by Crippen LogP contribution is 2.39. The number of carboxylic acids is 1. The number of aromatic nitrogens is 2. The van der Waals surface area contributed by atoms with Gasteiger partial charge < -0.3 is 9.84 Å². The van der Waals surface area contributed by atoms with Crippen LogP contribution in [0.3, 0.4) is 0 Å². The molecule has 7 heteroatoms. The molecule has 0 atom stereocenters. The van der Waals surface area contributed by atoms with Crippen LogP contribution in [0.5, 0.6) is 0 Å². The van der Waals surface area contributed by atoms with Gasteiger partial charge in [0, 0.05) is 28.9 Å². The number of carboxylic acid groups (broad SMARTS) is 1. The van der Waals surface area contributed by atoms with Gasteiger partial charge in [-0.2, -0.15) is 16.9 Å². The highest BCUT2D eigenvalue weighted by Gasteiger charge is 2.27.